The lowest BCUT2D eigenvalue weighted by Crippen LogP contribution is -2.05. The number of hydrogen-bond acceptors (Lipinski definition) is 8. The normalized spacial score (nSPS) is 10.5. The van der Waals surface area contributed by atoms with Crippen LogP contribution >= 0.6 is 0 Å². The Morgan fingerprint density at radius 1 is 0.660 bits per heavy atom. The van der Waals surface area contributed by atoms with Gasteiger partial charge in [-0.1, -0.05) is 74.6 Å². The minimum atomic E-state index is -0.680. The molecule has 3 aromatic carbocycles. The van der Waals surface area contributed by atoms with Crippen LogP contribution in [0.15, 0.2) is 130 Å². The van der Waals surface area contributed by atoms with Crippen LogP contribution in [0.5, 0.6) is 5.75 Å². The molecule has 0 amide bonds. The van der Waals surface area contributed by atoms with E-state index in [-0.39, 0.29) is 11.3 Å². The predicted molar refractivity (Wildman–Crippen MR) is 181 cm³/mol. The van der Waals surface area contributed by atoms with Crippen molar-refractivity contribution in [3.8, 4) is 28.7 Å². The highest BCUT2D eigenvalue weighted by Crippen LogP contribution is 2.33. The molecule has 0 N–H and O–H groups in total. The first-order valence-electron chi connectivity index (χ1n) is 13.9. The van der Waals surface area contributed by atoms with Crippen molar-refractivity contribution in [2.45, 2.75) is 6.92 Å². The van der Waals surface area contributed by atoms with Crippen LogP contribution in [0, 0.1) is 11.8 Å². The van der Waals surface area contributed by atoms with E-state index in [2.05, 4.69) is 38.2 Å². The van der Waals surface area contributed by atoms with E-state index in [0.717, 1.165) is 34.9 Å². The average Bonchev–Trinajstić information content (AvgIpc) is 3.08. The molecule has 0 fully saturated rings. The van der Waals surface area contributed by atoms with Crippen molar-refractivity contribution in [2.24, 2.45) is 0 Å². The first-order chi connectivity index (χ1) is 22.6. The quantitative estimate of drug-likeness (QED) is 0.0514. The fraction of sp³-hybridized carbons (Fsp3) is 0.0256. The highest BCUT2D eigenvalue weighted by molar-refractivity contribution is 5.88. The van der Waals surface area contributed by atoms with Gasteiger partial charge in [0, 0.05) is 29.4 Å². The Labute approximate surface area is 272 Å². The molecule has 0 aliphatic carbocycles. The minimum absolute atomic E-state index is 0.178. The molecule has 3 aromatic rings. The van der Waals surface area contributed by atoms with Gasteiger partial charge < -0.3 is 18.9 Å². The number of benzene rings is 3. The molecule has 8 nitrogen and oxygen atoms in total. The molecule has 3 rings (SSSR count). The van der Waals surface area contributed by atoms with Gasteiger partial charge in [0.05, 0.1) is 24.3 Å². The Balaban J connectivity index is 2.05. The molecule has 47 heavy (non-hydrogen) atoms. The van der Waals surface area contributed by atoms with Crippen LogP contribution in [-0.2, 0) is 33.4 Å². The highest BCUT2D eigenvalue weighted by Gasteiger charge is 2.13. The molecule has 8 heteroatoms. The van der Waals surface area contributed by atoms with E-state index < -0.39 is 23.9 Å². The second-order valence-corrected chi connectivity index (χ2v) is 9.43. The molecule has 0 saturated carbocycles. The molecule has 0 spiro atoms. The van der Waals surface area contributed by atoms with Crippen molar-refractivity contribution >= 4 is 42.1 Å². The van der Waals surface area contributed by atoms with Crippen LogP contribution in [0.2, 0.25) is 0 Å². The molecule has 0 atom stereocenters. The molecule has 0 unspecified atom stereocenters. The molecule has 234 valence electrons. The van der Waals surface area contributed by atoms with Crippen molar-refractivity contribution in [1.82, 2.24) is 0 Å². The van der Waals surface area contributed by atoms with Crippen LogP contribution in [0.3, 0.4) is 0 Å². The zero-order valence-electron chi connectivity index (χ0n) is 25.6. The molecule has 0 aliphatic heterocycles. The fourth-order valence-electron chi connectivity index (χ4n) is 3.63. The summed E-state index contributed by atoms with van der Waals surface area (Å²) in [5.74, 6) is 3.87. The summed E-state index contributed by atoms with van der Waals surface area (Å²) in [4.78, 5) is 46.8. The molecular formula is C39H30O8. The van der Waals surface area contributed by atoms with E-state index in [4.69, 9.17) is 18.9 Å². The Kier molecular flexibility index (Phi) is 13.0. The minimum Gasteiger partial charge on any atom is -0.431 e. The van der Waals surface area contributed by atoms with Gasteiger partial charge in [-0.2, -0.15) is 0 Å². The smallest absolute Gasteiger partial charge is 0.337 e. The summed E-state index contributed by atoms with van der Waals surface area (Å²) in [7, 11) is 0. The summed E-state index contributed by atoms with van der Waals surface area (Å²) in [6.07, 6.45) is 11.7. The third-order valence-electron chi connectivity index (χ3n) is 6.00. The molecule has 0 aromatic heterocycles. The van der Waals surface area contributed by atoms with Crippen LogP contribution < -0.4 is 4.74 Å². The first-order valence-corrected chi connectivity index (χ1v) is 13.9. The average molecular weight is 627 g/mol. The predicted octanol–water partition coefficient (Wildman–Crippen LogP) is 7.33. The van der Waals surface area contributed by atoms with E-state index in [1.165, 1.54) is 25.7 Å². The summed E-state index contributed by atoms with van der Waals surface area (Å²) in [6, 6.07) is 17.7. The van der Waals surface area contributed by atoms with Crippen molar-refractivity contribution in [3.63, 3.8) is 0 Å². The third kappa shape index (κ3) is 11.1. The van der Waals surface area contributed by atoms with Gasteiger partial charge in [0.15, 0.2) is 0 Å². The molecular weight excluding hydrogens is 596 g/mol. The highest BCUT2D eigenvalue weighted by atomic mass is 16.5. The van der Waals surface area contributed by atoms with Gasteiger partial charge >= 0.3 is 23.9 Å². The fourth-order valence-corrected chi connectivity index (χ4v) is 3.63. The van der Waals surface area contributed by atoms with Crippen LogP contribution in [0.4, 0.5) is 0 Å². The van der Waals surface area contributed by atoms with Gasteiger partial charge in [-0.3, -0.25) is 0 Å². The third-order valence-corrected chi connectivity index (χ3v) is 6.00. The van der Waals surface area contributed by atoms with E-state index in [1.54, 1.807) is 66.8 Å². The van der Waals surface area contributed by atoms with Gasteiger partial charge in [-0.25, -0.2) is 19.2 Å². The van der Waals surface area contributed by atoms with Gasteiger partial charge in [0.1, 0.15) is 5.75 Å². The molecule has 0 bridgehead atoms. The van der Waals surface area contributed by atoms with E-state index in [0.29, 0.717) is 22.3 Å². The van der Waals surface area contributed by atoms with E-state index in [1.807, 2.05) is 12.1 Å². The molecule has 0 saturated heterocycles. The topological polar surface area (TPSA) is 105 Å². The number of carbonyl (C=O) groups excluding carboxylic acids is 4. The second-order valence-electron chi connectivity index (χ2n) is 9.43. The zero-order chi connectivity index (χ0) is 34.2. The van der Waals surface area contributed by atoms with Crippen LogP contribution in [-0.4, -0.2) is 23.9 Å². The van der Waals surface area contributed by atoms with Crippen molar-refractivity contribution in [3.05, 3.63) is 157 Å². The van der Waals surface area contributed by atoms with Gasteiger partial charge in [-0.15, -0.1) is 0 Å². The zero-order valence-corrected chi connectivity index (χ0v) is 25.6. The standard InChI is InChI=1S/C39H30O8/c1-6-36(40)44-22-19-29-11-9-28(10-12-29)15-18-33-25-32(21-24-46-39(43)27(4)5)34(26-35(33)47-38(42)8-3)31-16-13-30(14-17-31)20-23-45-37(41)7-2/h6-14,16-17,19-26H,1-4H2,5H3. The summed E-state index contributed by atoms with van der Waals surface area (Å²) in [5, 5.41) is 0. The van der Waals surface area contributed by atoms with Crippen LogP contribution in [0.25, 0.3) is 29.4 Å². The summed E-state index contributed by atoms with van der Waals surface area (Å²) in [5.41, 5.74) is 4.74. The maximum Gasteiger partial charge on any atom is 0.337 e. The lowest BCUT2D eigenvalue weighted by atomic mass is 9.95. The number of rotatable bonds is 12. The maximum atomic E-state index is 12.3. The monoisotopic (exact) mass is 626 g/mol. The van der Waals surface area contributed by atoms with Gasteiger partial charge in [0.2, 0.25) is 0 Å². The summed E-state index contributed by atoms with van der Waals surface area (Å²) in [6.45, 7) is 15.3. The molecule has 0 aliphatic rings. The summed E-state index contributed by atoms with van der Waals surface area (Å²) >= 11 is 0. The number of hydrogen-bond donors (Lipinski definition) is 0. The largest absolute Gasteiger partial charge is 0.431 e. The maximum absolute atomic E-state index is 12.3. The lowest BCUT2D eigenvalue weighted by molar-refractivity contribution is -0.134. The number of carbonyl (C=O) groups is 4. The lowest BCUT2D eigenvalue weighted by Gasteiger charge is -2.13. The Morgan fingerprint density at radius 3 is 1.72 bits per heavy atom. The van der Waals surface area contributed by atoms with E-state index >= 15 is 0 Å². The molecule has 0 heterocycles. The summed E-state index contributed by atoms with van der Waals surface area (Å²) < 4.78 is 20.5. The van der Waals surface area contributed by atoms with Crippen molar-refractivity contribution < 1.29 is 38.1 Å². The molecule has 0 radical (unpaired) electrons. The first kappa shape index (κ1) is 34.8. The van der Waals surface area contributed by atoms with Crippen molar-refractivity contribution in [1.29, 1.82) is 0 Å². The second kappa shape index (κ2) is 17.5. The van der Waals surface area contributed by atoms with Crippen molar-refractivity contribution in [2.75, 3.05) is 0 Å². The van der Waals surface area contributed by atoms with Gasteiger partial charge in [0.25, 0.3) is 0 Å². The van der Waals surface area contributed by atoms with Crippen LogP contribution in [0.1, 0.15) is 34.7 Å². The van der Waals surface area contributed by atoms with Gasteiger partial charge in [-0.05, 0) is 77.2 Å². The Morgan fingerprint density at radius 2 is 1.19 bits per heavy atom. The number of ether oxygens (including phenoxy) is 4. The Hall–Kier alpha value is -6.72. The number of esters is 4. The Bertz CT molecular complexity index is 1860. The SMILES string of the molecule is C=CC(=O)OC=Cc1ccc(C#Cc2cc(C=COC(=O)C(=C)C)c(-c3ccc(C=COC(=O)C=C)cc3)cc2OC(=O)C=C)cc1. The van der Waals surface area contributed by atoms with E-state index in [9.17, 15) is 19.2 Å².